The highest BCUT2D eigenvalue weighted by atomic mass is 15.2. The lowest BCUT2D eigenvalue weighted by molar-refractivity contribution is 0.0375. The van der Waals surface area contributed by atoms with Crippen LogP contribution in [-0.2, 0) is 0 Å². The molecule has 0 saturated heterocycles. The Labute approximate surface area is 127 Å². The van der Waals surface area contributed by atoms with Crippen LogP contribution in [0, 0.1) is 17.3 Å². The standard InChI is InChI=1S/C18H38N2/c1-9-18(5,6)15-10-11-16(19-7)17(12-15)20(8)14(4)13(2)3/h13-17,19H,9-12H2,1-8H3. The van der Waals surface area contributed by atoms with Crippen molar-refractivity contribution in [2.75, 3.05) is 14.1 Å². The summed E-state index contributed by atoms with van der Waals surface area (Å²) in [6.45, 7) is 14.3. The lowest BCUT2D eigenvalue weighted by Crippen LogP contribution is -2.55. The molecule has 20 heavy (non-hydrogen) atoms. The van der Waals surface area contributed by atoms with E-state index in [0.29, 0.717) is 23.5 Å². The Balaban J connectivity index is 2.83. The molecule has 4 unspecified atom stereocenters. The smallest absolute Gasteiger partial charge is 0.0251 e. The van der Waals surface area contributed by atoms with Crippen LogP contribution < -0.4 is 5.32 Å². The van der Waals surface area contributed by atoms with Gasteiger partial charge in [-0.1, -0.05) is 41.0 Å². The third-order valence-corrected chi connectivity index (χ3v) is 6.33. The normalized spacial score (nSPS) is 30.0. The molecule has 0 aliphatic heterocycles. The van der Waals surface area contributed by atoms with Crippen LogP contribution in [0.5, 0.6) is 0 Å². The van der Waals surface area contributed by atoms with Gasteiger partial charge in [0.2, 0.25) is 0 Å². The van der Waals surface area contributed by atoms with Gasteiger partial charge in [-0.25, -0.2) is 0 Å². The van der Waals surface area contributed by atoms with Crippen molar-refractivity contribution < 1.29 is 0 Å². The molecule has 1 aliphatic carbocycles. The summed E-state index contributed by atoms with van der Waals surface area (Å²) in [6.07, 6.45) is 5.34. The molecule has 1 N–H and O–H groups in total. The van der Waals surface area contributed by atoms with Gasteiger partial charge in [-0.2, -0.15) is 0 Å². The summed E-state index contributed by atoms with van der Waals surface area (Å²) in [5, 5.41) is 3.58. The quantitative estimate of drug-likeness (QED) is 0.787. The second-order valence-corrected chi connectivity index (χ2v) is 7.96. The summed E-state index contributed by atoms with van der Waals surface area (Å²) < 4.78 is 0. The molecule has 0 amide bonds. The SMILES string of the molecule is CCC(C)(C)C1CCC(NC)C(N(C)C(C)C(C)C)C1. The summed E-state index contributed by atoms with van der Waals surface area (Å²) in [5.74, 6) is 1.58. The maximum absolute atomic E-state index is 3.58. The Bertz CT molecular complexity index is 285. The lowest BCUT2D eigenvalue weighted by Gasteiger charge is -2.48. The zero-order chi connectivity index (χ0) is 15.5. The number of hydrogen-bond donors (Lipinski definition) is 1. The maximum Gasteiger partial charge on any atom is 0.0251 e. The van der Waals surface area contributed by atoms with Gasteiger partial charge >= 0.3 is 0 Å². The summed E-state index contributed by atoms with van der Waals surface area (Å²) in [4.78, 5) is 2.64. The van der Waals surface area contributed by atoms with Crippen molar-refractivity contribution in [2.24, 2.45) is 17.3 Å². The lowest BCUT2D eigenvalue weighted by atomic mass is 9.67. The van der Waals surface area contributed by atoms with E-state index in [4.69, 9.17) is 0 Å². The molecule has 0 bridgehead atoms. The van der Waals surface area contributed by atoms with Crippen molar-refractivity contribution in [3.8, 4) is 0 Å². The minimum atomic E-state index is 0.485. The second kappa shape index (κ2) is 7.26. The topological polar surface area (TPSA) is 15.3 Å². The fourth-order valence-corrected chi connectivity index (χ4v) is 3.70. The highest BCUT2D eigenvalue weighted by Gasteiger charge is 2.39. The Morgan fingerprint density at radius 2 is 1.80 bits per heavy atom. The Morgan fingerprint density at radius 1 is 1.20 bits per heavy atom. The molecule has 0 radical (unpaired) electrons. The number of nitrogens with one attached hydrogen (secondary N) is 1. The molecule has 1 saturated carbocycles. The van der Waals surface area contributed by atoms with Crippen molar-refractivity contribution >= 4 is 0 Å². The molecule has 2 heteroatoms. The molecule has 2 nitrogen and oxygen atoms in total. The van der Waals surface area contributed by atoms with Gasteiger partial charge in [-0.3, -0.25) is 4.90 Å². The summed E-state index contributed by atoms with van der Waals surface area (Å²) in [5.41, 5.74) is 0.485. The van der Waals surface area contributed by atoms with Crippen LogP contribution in [0.4, 0.5) is 0 Å². The molecule has 0 spiro atoms. The van der Waals surface area contributed by atoms with E-state index in [-0.39, 0.29) is 0 Å². The van der Waals surface area contributed by atoms with E-state index in [2.05, 4.69) is 65.9 Å². The third kappa shape index (κ3) is 3.98. The molecule has 1 fully saturated rings. The predicted molar refractivity (Wildman–Crippen MR) is 90.1 cm³/mol. The molecule has 0 aromatic rings. The van der Waals surface area contributed by atoms with Crippen LogP contribution in [-0.4, -0.2) is 37.1 Å². The first-order chi connectivity index (χ1) is 9.24. The van der Waals surface area contributed by atoms with E-state index < -0.39 is 0 Å². The average Bonchev–Trinajstić information content (AvgIpc) is 2.44. The minimum Gasteiger partial charge on any atom is -0.315 e. The maximum atomic E-state index is 3.58. The van der Waals surface area contributed by atoms with Crippen molar-refractivity contribution in [1.29, 1.82) is 0 Å². The summed E-state index contributed by atoms with van der Waals surface area (Å²) in [7, 11) is 4.47. The molecule has 0 heterocycles. The van der Waals surface area contributed by atoms with Gasteiger partial charge in [0.15, 0.2) is 0 Å². The fourth-order valence-electron chi connectivity index (χ4n) is 3.70. The third-order valence-electron chi connectivity index (χ3n) is 6.33. The molecule has 1 rings (SSSR count). The monoisotopic (exact) mass is 282 g/mol. The van der Waals surface area contributed by atoms with Gasteiger partial charge in [-0.15, -0.1) is 0 Å². The Morgan fingerprint density at radius 3 is 2.25 bits per heavy atom. The number of nitrogens with zero attached hydrogens (tertiary/aromatic N) is 1. The van der Waals surface area contributed by atoms with E-state index in [0.717, 1.165) is 11.8 Å². The molecular formula is C18H38N2. The Kier molecular flexibility index (Phi) is 6.53. The first-order valence-corrected chi connectivity index (χ1v) is 8.63. The zero-order valence-corrected chi connectivity index (χ0v) is 15.2. The predicted octanol–water partition coefficient (Wildman–Crippen LogP) is 4.16. The van der Waals surface area contributed by atoms with E-state index in [1.165, 1.54) is 25.7 Å². The van der Waals surface area contributed by atoms with E-state index in [9.17, 15) is 0 Å². The van der Waals surface area contributed by atoms with Gasteiger partial charge < -0.3 is 5.32 Å². The molecule has 120 valence electrons. The Hall–Kier alpha value is -0.0800. The highest BCUT2D eigenvalue weighted by Crippen LogP contribution is 2.42. The van der Waals surface area contributed by atoms with E-state index in [1.807, 2.05) is 0 Å². The van der Waals surface area contributed by atoms with Gasteiger partial charge in [0.1, 0.15) is 0 Å². The number of rotatable bonds is 6. The molecule has 0 aromatic heterocycles. The van der Waals surface area contributed by atoms with Crippen LogP contribution in [0.25, 0.3) is 0 Å². The van der Waals surface area contributed by atoms with Crippen molar-refractivity contribution in [3.63, 3.8) is 0 Å². The number of hydrogen-bond acceptors (Lipinski definition) is 2. The molecular weight excluding hydrogens is 244 g/mol. The van der Waals surface area contributed by atoms with Gasteiger partial charge in [0, 0.05) is 18.1 Å². The first kappa shape index (κ1) is 18.0. The highest BCUT2D eigenvalue weighted by molar-refractivity contribution is 4.95. The molecule has 1 aliphatic rings. The second-order valence-electron chi connectivity index (χ2n) is 7.96. The van der Waals surface area contributed by atoms with E-state index >= 15 is 0 Å². The van der Waals surface area contributed by atoms with Crippen molar-refractivity contribution in [3.05, 3.63) is 0 Å². The summed E-state index contributed by atoms with van der Waals surface area (Å²) in [6, 6.07) is 1.99. The summed E-state index contributed by atoms with van der Waals surface area (Å²) >= 11 is 0. The van der Waals surface area contributed by atoms with Gasteiger partial charge in [-0.05, 0) is 57.5 Å². The number of likely N-dealkylation sites (N-methyl/N-ethyl adjacent to an activating group) is 2. The van der Waals surface area contributed by atoms with Crippen molar-refractivity contribution in [2.45, 2.75) is 85.4 Å². The molecule has 0 aromatic carbocycles. The van der Waals surface area contributed by atoms with Crippen LogP contribution in [0.2, 0.25) is 0 Å². The van der Waals surface area contributed by atoms with Crippen LogP contribution >= 0.6 is 0 Å². The van der Waals surface area contributed by atoms with Gasteiger partial charge in [0.25, 0.3) is 0 Å². The first-order valence-electron chi connectivity index (χ1n) is 8.63. The zero-order valence-electron chi connectivity index (χ0n) is 15.2. The van der Waals surface area contributed by atoms with Crippen LogP contribution in [0.3, 0.4) is 0 Å². The minimum absolute atomic E-state index is 0.485. The van der Waals surface area contributed by atoms with E-state index in [1.54, 1.807) is 0 Å². The van der Waals surface area contributed by atoms with Gasteiger partial charge in [0.05, 0.1) is 0 Å². The van der Waals surface area contributed by atoms with Crippen LogP contribution in [0.15, 0.2) is 0 Å². The molecule has 4 atom stereocenters. The van der Waals surface area contributed by atoms with Crippen molar-refractivity contribution in [1.82, 2.24) is 10.2 Å². The van der Waals surface area contributed by atoms with Crippen LogP contribution in [0.1, 0.15) is 67.2 Å². The average molecular weight is 283 g/mol. The fraction of sp³-hybridized carbons (Fsp3) is 1.00. The largest absolute Gasteiger partial charge is 0.315 e.